The molecule has 0 amide bonds. The lowest BCUT2D eigenvalue weighted by Crippen LogP contribution is -2.24. The Balaban J connectivity index is 2.06. The van der Waals surface area contributed by atoms with E-state index in [2.05, 4.69) is 60.4 Å². The average molecular weight is 258 g/mol. The molecule has 1 atom stereocenters. The van der Waals surface area contributed by atoms with Crippen molar-refractivity contribution >= 4 is 5.69 Å². The van der Waals surface area contributed by atoms with E-state index < -0.39 is 0 Å². The summed E-state index contributed by atoms with van der Waals surface area (Å²) in [6.45, 7) is 7.48. The second-order valence-electron chi connectivity index (χ2n) is 5.20. The van der Waals surface area contributed by atoms with Crippen molar-refractivity contribution < 1.29 is 0 Å². The minimum Gasteiger partial charge on any atom is -0.382 e. The predicted molar refractivity (Wildman–Crippen MR) is 78.1 cm³/mol. The van der Waals surface area contributed by atoms with Gasteiger partial charge in [-0.2, -0.15) is 5.10 Å². The summed E-state index contributed by atoms with van der Waals surface area (Å²) in [5, 5.41) is 7.73. The fraction of sp³-hybridized carbons (Fsp3) is 0.467. The number of hydrogen-bond acceptors (Lipinski definition) is 3. The minimum absolute atomic E-state index is 0.515. The molecule has 102 valence electrons. The summed E-state index contributed by atoms with van der Waals surface area (Å²) in [5.74, 6) is 0.629. The minimum atomic E-state index is 0.515. The van der Waals surface area contributed by atoms with E-state index in [0.29, 0.717) is 12.0 Å². The lowest BCUT2D eigenvalue weighted by molar-refractivity contribution is 0.511. The molecule has 0 saturated heterocycles. The van der Waals surface area contributed by atoms with Crippen molar-refractivity contribution in [2.75, 3.05) is 5.32 Å². The van der Waals surface area contributed by atoms with Crippen LogP contribution in [-0.2, 0) is 6.54 Å². The highest BCUT2D eigenvalue weighted by molar-refractivity contribution is 5.46. The number of anilines is 1. The molecule has 0 aliphatic carbocycles. The van der Waals surface area contributed by atoms with Gasteiger partial charge in [0.05, 0.1) is 6.54 Å². The van der Waals surface area contributed by atoms with Gasteiger partial charge in [0.15, 0.2) is 0 Å². The van der Waals surface area contributed by atoms with E-state index in [4.69, 9.17) is 0 Å². The third kappa shape index (κ3) is 3.81. The maximum atomic E-state index is 4.13. The van der Waals surface area contributed by atoms with Gasteiger partial charge in [-0.25, -0.2) is 9.67 Å². The first-order valence-electron chi connectivity index (χ1n) is 6.87. The Kier molecular flexibility index (Phi) is 4.55. The molecule has 0 aliphatic heterocycles. The summed E-state index contributed by atoms with van der Waals surface area (Å²) in [6.07, 6.45) is 4.43. The van der Waals surface area contributed by atoms with Gasteiger partial charge in [0.2, 0.25) is 0 Å². The number of aromatic nitrogens is 3. The molecule has 1 aromatic carbocycles. The molecule has 0 bridgehead atoms. The molecule has 1 unspecified atom stereocenters. The zero-order chi connectivity index (χ0) is 13.7. The highest BCUT2D eigenvalue weighted by Crippen LogP contribution is 2.17. The van der Waals surface area contributed by atoms with E-state index >= 15 is 0 Å². The van der Waals surface area contributed by atoms with Gasteiger partial charge in [0, 0.05) is 11.7 Å². The van der Waals surface area contributed by atoms with Crippen LogP contribution in [0.3, 0.4) is 0 Å². The molecule has 1 heterocycles. The van der Waals surface area contributed by atoms with Crippen LogP contribution in [0.25, 0.3) is 0 Å². The molecule has 2 aromatic rings. The Hall–Kier alpha value is -1.84. The number of nitrogens with one attached hydrogen (secondary N) is 1. The average Bonchev–Trinajstić information content (AvgIpc) is 2.89. The van der Waals surface area contributed by atoms with E-state index in [0.717, 1.165) is 13.0 Å². The standard InChI is InChI=1S/C15H22N4/c1-4-15(12(2)3)18-14-7-5-6-13(8-14)9-19-11-16-10-17-19/h5-8,10-12,15,18H,4,9H2,1-3H3. The van der Waals surface area contributed by atoms with Crippen LogP contribution in [0.1, 0.15) is 32.8 Å². The first-order valence-corrected chi connectivity index (χ1v) is 6.87. The molecular weight excluding hydrogens is 236 g/mol. The van der Waals surface area contributed by atoms with Crippen molar-refractivity contribution in [1.82, 2.24) is 14.8 Å². The number of hydrogen-bond donors (Lipinski definition) is 1. The first-order chi connectivity index (χ1) is 9.19. The van der Waals surface area contributed by atoms with Crippen molar-refractivity contribution in [3.63, 3.8) is 0 Å². The Bertz CT molecular complexity index is 491. The maximum Gasteiger partial charge on any atom is 0.137 e. The Labute approximate surface area is 114 Å². The summed E-state index contributed by atoms with van der Waals surface area (Å²) in [6, 6.07) is 9.02. The lowest BCUT2D eigenvalue weighted by Gasteiger charge is -2.22. The van der Waals surface area contributed by atoms with Gasteiger partial charge < -0.3 is 5.32 Å². The van der Waals surface area contributed by atoms with E-state index in [1.807, 2.05) is 4.68 Å². The van der Waals surface area contributed by atoms with Crippen LogP contribution in [0.5, 0.6) is 0 Å². The van der Waals surface area contributed by atoms with Gasteiger partial charge in [-0.1, -0.05) is 32.9 Å². The number of rotatable bonds is 6. The molecule has 4 heteroatoms. The largest absolute Gasteiger partial charge is 0.382 e. The Morgan fingerprint density at radius 2 is 2.16 bits per heavy atom. The highest BCUT2D eigenvalue weighted by Gasteiger charge is 2.10. The molecule has 0 saturated carbocycles. The van der Waals surface area contributed by atoms with Gasteiger partial charge in [0.25, 0.3) is 0 Å². The van der Waals surface area contributed by atoms with E-state index in [1.54, 1.807) is 12.7 Å². The SMILES string of the molecule is CCC(Nc1cccc(Cn2cncn2)c1)C(C)C. The molecular formula is C15H22N4. The monoisotopic (exact) mass is 258 g/mol. The third-order valence-corrected chi connectivity index (χ3v) is 3.33. The van der Waals surface area contributed by atoms with E-state index in [1.165, 1.54) is 11.3 Å². The molecule has 4 nitrogen and oxygen atoms in total. The smallest absolute Gasteiger partial charge is 0.137 e. The molecule has 0 spiro atoms. The summed E-state index contributed by atoms with van der Waals surface area (Å²) < 4.78 is 1.83. The second kappa shape index (κ2) is 6.36. The fourth-order valence-corrected chi connectivity index (χ4v) is 2.22. The van der Waals surface area contributed by atoms with Crippen LogP contribution >= 0.6 is 0 Å². The molecule has 2 rings (SSSR count). The lowest BCUT2D eigenvalue weighted by atomic mass is 10.0. The normalized spacial score (nSPS) is 12.6. The van der Waals surface area contributed by atoms with Crippen LogP contribution in [0.4, 0.5) is 5.69 Å². The van der Waals surface area contributed by atoms with Crippen molar-refractivity contribution in [2.45, 2.75) is 39.8 Å². The quantitative estimate of drug-likeness (QED) is 0.865. The fourth-order valence-electron chi connectivity index (χ4n) is 2.22. The number of benzene rings is 1. The van der Waals surface area contributed by atoms with Gasteiger partial charge in [-0.05, 0) is 30.0 Å². The van der Waals surface area contributed by atoms with Crippen LogP contribution in [0.15, 0.2) is 36.9 Å². The van der Waals surface area contributed by atoms with Gasteiger partial charge >= 0.3 is 0 Å². The van der Waals surface area contributed by atoms with E-state index in [-0.39, 0.29) is 0 Å². The van der Waals surface area contributed by atoms with Crippen molar-refractivity contribution in [3.05, 3.63) is 42.5 Å². The predicted octanol–water partition coefficient (Wildman–Crippen LogP) is 3.17. The van der Waals surface area contributed by atoms with Crippen LogP contribution in [-0.4, -0.2) is 20.8 Å². The summed E-state index contributed by atoms with van der Waals surface area (Å²) in [7, 11) is 0. The zero-order valence-corrected chi connectivity index (χ0v) is 11.9. The van der Waals surface area contributed by atoms with Gasteiger partial charge in [0.1, 0.15) is 12.7 Å². The second-order valence-corrected chi connectivity index (χ2v) is 5.20. The molecule has 0 fully saturated rings. The molecule has 0 radical (unpaired) electrons. The molecule has 1 aromatic heterocycles. The van der Waals surface area contributed by atoms with Crippen molar-refractivity contribution in [1.29, 1.82) is 0 Å². The molecule has 0 aliphatic rings. The Morgan fingerprint density at radius 3 is 2.79 bits per heavy atom. The highest BCUT2D eigenvalue weighted by atomic mass is 15.3. The van der Waals surface area contributed by atoms with Gasteiger partial charge in [-0.3, -0.25) is 0 Å². The van der Waals surface area contributed by atoms with Crippen LogP contribution in [0, 0.1) is 5.92 Å². The summed E-state index contributed by atoms with van der Waals surface area (Å²) in [5.41, 5.74) is 2.41. The van der Waals surface area contributed by atoms with E-state index in [9.17, 15) is 0 Å². The molecule has 19 heavy (non-hydrogen) atoms. The molecule has 1 N–H and O–H groups in total. The maximum absolute atomic E-state index is 4.13. The van der Waals surface area contributed by atoms with Crippen molar-refractivity contribution in [3.8, 4) is 0 Å². The summed E-state index contributed by atoms with van der Waals surface area (Å²) in [4.78, 5) is 3.96. The van der Waals surface area contributed by atoms with Crippen LogP contribution in [0.2, 0.25) is 0 Å². The van der Waals surface area contributed by atoms with Gasteiger partial charge in [-0.15, -0.1) is 0 Å². The Morgan fingerprint density at radius 1 is 1.32 bits per heavy atom. The summed E-state index contributed by atoms with van der Waals surface area (Å²) >= 11 is 0. The van der Waals surface area contributed by atoms with Crippen molar-refractivity contribution in [2.24, 2.45) is 5.92 Å². The number of nitrogens with zero attached hydrogens (tertiary/aromatic N) is 3. The zero-order valence-electron chi connectivity index (χ0n) is 11.9. The topological polar surface area (TPSA) is 42.7 Å². The third-order valence-electron chi connectivity index (χ3n) is 3.33. The first kappa shape index (κ1) is 13.6. The van der Waals surface area contributed by atoms with Crippen LogP contribution < -0.4 is 5.32 Å².